The summed E-state index contributed by atoms with van der Waals surface area (Å²) in [6.45, 7) is 2.84. The van der Waals surface area contributed by atoms with Gasteiger partial charge in [0.2, 0.25) is 0 Å². The van der Waals surface area contributed by atoms with Crippen LogP contribution in [0.2, 0.25) is 0 Å². The molecule has 4 nitrogen and oxygen atoms in total. The maximum absolute atomic E-state index is 11.1. The number of aryl methyl sites for hydroxylation is 1. The highest BCUT2D eigenvalue weighted by Crippen LogP contribution is 2.34. The first kappa shape index (κ1) is 14.2. The van der Waals surface area contributed by atoms with Crippen molar-refractivity contribution in [2.24, 2.45) is 0 Å². The zero-order chi connectivity index (χ0) is 13.9. The summed E-state index contributed by atoms with van der Waals surface area (Å²) < 4.78 is 7.78. The molecule has 19 heavy (non-hydrogen) atoms. The molecule has 1 N–H and O–H groups in total. The molecule has 0 fully saturated rings. The van der Waals surface area contributed by atoms with Crippen molar-refractivity contribution in [3.63, 3.8) is 0 Å². The Hall–Kier alpha value is -1.17. The SMILES string of the molecule is CCn1ncc(Br)c1C(O)(COC)c1ccccc1. The van der Waals surface area contributed by atoms with Gasteiger partial charge in [-0.15, -0.1) is 0 Å². The Morgan fingerprint density at radius 1 is 1.37 bits per heavy atom. The molecule has 1 heterocycles. The van der Waals surface area contributed by atoms with Crippen LogP contribution in [0.15, 0.2) is 41.0 Å². The van der Waals surface area contributed by atoms with E-state index in [-0.39, 0.29) is 6.61 Å². The van der Waals surface area contributed by atoms with Gasteiger partial charge in [0.25, 0.3) is 0 Å². The molecule has 1 aromatic heterocycles. The minimum Gasteiger partial charge on any atom is -0.381 e. The van der Waals surface area contributed by atoms with Crippen LogP contribution in [0.4, 0.5) is 0 Å². The lowest BCUT2D eigenvalue weighted by Gasteiger charge is -2.29. The Kier molecular flexibility index (Phi) is 4.39. The summed E-state index contributed by atoms with van der Waals surface area (Å²) in [6.07, 6.45) is 1.70. The number of hydrogen-bond donors (Lipinski definition) is 1. The van der Waals surface area contributed by atoms with Crippen LogP contribution in [-0.4, -0.2) is 28.6 Å². The third-order valence-corrected chi connectivity index (χ3v) is 3.67. The molecular weight excluding hydrogens is 308 g/mol. The third-order valence-electron chi connectivity index (χ3n) is 3.09. The normalized spacial score (nSPS) is 14.3. The predicted molar refractivity (Wildman–Crippen MR) is 76.9 cm³/mol. The number of aliphatic hydroxyl groups is 1. The molecule has 0 saturated heterocycles. The van der Waals surface area contributed by atoms with Gasteiger partial charge in [0.15, 0.2) is 5.60 Å². The van der Waals surface area contributed by atoms with Crippen molar-refractivity contribution in [3.05, 3.63) is 52.3 Å². The molecule has 2 aromatic rings. The zero-order valence-electron chi connectivity index (χ0n) is 11.0. The first-order valence-corrected chi connectivity index (χ1v) is 6.91. The van der Waals surface area contributed by atoms with Crippen LogP contribution < -0.4 is 0 Å². The summed E-state index contributed by atoms with van der Waals surface area (Å²) in [5.41, 5.74) is 0.275. The summed E-state index contributed by atoms with van der Waals surface area (Å²) in [5, 5.41) is 15.4. The number of hydrogen-bond acceptors (Lipinski definition) is 3. The lowest BCUT2D eigenvalue weighted by molar-refractivity contribution is -0.0100. The van der Waals surface area contributed by atoms with E-state index in [9.17, 15) is 5.11 Å². The van der Waals surface area contributed by atoms with Gasteiger partial charge in [0, 0.05) is 13.7 Å². The monoisotopic (exact) mass is 324 g/mol. The fraction of sp³-hybridized carbons (Fsp3) is 0.357. The maximum atomic E-state index is 11.1. The molecule has 1 unspecified atom stereocenters. The second-order valence-corrected chi connectivity index (χ2v) is 5.17. The Bertz CT molecular complexity index is 542. The molecule has 0 bridgehead atoms. The summed E-state index contributed by atoms with van der Waals surface area (Å²) >= 11 is 3.46. The van der Waals surface area contributed by atoms with Crippen molar-refractivity contribution in [2.75, 3.05) is 13.7 Å². The molecule has 1 aromatic carbocycles. The fourth-order valence-electron chi connectivity index (χ4n) is 2.22. The minimum atomic E-state index is -1.22. The van der Waals surface area contributed by atoms with E-state index in [1.54, 1.807) is 18.0 Å². The lowest BCUT2D eigenvalue weighted by Crippen LogP contribution is -2.35. The van der Waals surface area contributed by atoms with Gasteiger partial charge in [-0.2, -0.15) is 5.10 Å². The highest BCUT2D eigenvalue weighted by molar-refractivity contribution is 9.10. The van der Waals surface area contributed by atoms with Crippen LogP contribution in [0, 0.1) is 0 Å². The molecule has 0 radical (unpaired) electrons. The molecule has 0 amide bonds. The van der Waals surface area contributed by atoms with Crippen LogP contribution in [0.1, 0.15) is 18.2 Å². The standard InChI is InChI=1S/C14H17BrN2O2/c1-3-17-13(12(15)9-16-17)14(18,10-19-2)11-7-5-4-6-8-11/h4-9,18H,3,10H2,1-2H3. The van der Waals surface area contributed by atoms with Gasteiger partial charge in [-0.25, -0.2) is 0 Å². The van der Waals surface area contributed by atoms with Gasteiger partial charge in [0.05, 0.1) is 23.0 Å². The van der Waals surface area contributed by atoms with Crippen LogP contribution in [0.5, 0.6) is 0 Å². The molecule has 0 saturated carbocycles. The van der Waals surface area contributed by atoms with E-state index < -0.39 is 5.60 Å². The van der Waals surface area contributed by atoms with E-state index >= 15 is 0 Å². The highest BCUT2D eigenvalue weighted by atomic mass is 79.9. The van der Waals surface area contributed by atoms with E-state index in [0.717, 1.165) is 10.0 Å². The van der Waals surface area contributed by atoms with Crippen molar-refractivity contribution in [1.29, 1.82) is 0 Å². The van der Waals surface area contributed by atoms with Crippen LogP contribution in [0.25, 0.3) is 0 Å². The Labute approximate surface area is 121 Å². The number of methoxy groups -OCH3 is 1. The van der Waals surface area contributed by atoms with Crippen molar-refractivity contribution in [3.8, 4) is 0 Å². The van der Waals surface area contributed by atoms with Crippen molar-refractivity contribution < 1.29 is 9.84 Å². The van der Waals surface area contributed by atoms with E-state index in [1.165, 1.54) is 0 Å². The van der Waals surface area contributed by atoms with Gasteiger partial charge in [-0.3, -0.25) is 4.68 Å². The number of ether oxygens (including phenoxy) is 1. The number of nitrogens with zero attached hydrogens (tertiary/aromatic N) is 2. The number of aromatic nitrogens is 2. The average Bonchev–Trinajstić information content (AvgIpc) is 2.81. The quantitative estimate of drug-likeness (QED) is 0.919. The van der Waals surface area contributed by atoms with Crippen molar-refractivity contribution >= 4 is 15.9 Å². The third kappa shape index (κ3) is 2.59. The summed E-state index contributed by atoms with van der Waals surface area (Å²) in [6, 6.07) is 9.49. The summed E-state index contributed by atoms with van der Waals surface area (Å²) in [7, 11) is 1.58. The van der Waals surface area contributed by atoms with Crippen molar-refractivity contribution in [1.82, 2.24) is 9.78 Å². The van der Waals surface area contributed by atoms with Crippen LogP contribution in [0.3, 0.4) is 0 Å². The number of benzene rings is 1. The topological polar surface area (TPSA) is 47.3 Å². The van der Waals surface area contributed by atoms with E-state index in [2.05, 4.69) is 21.0 Å². The van der Waals surface area contributed by atoms with E-state index in [1.807, 2.05) is 37.3 Å². The number of rotatable bonds is 5. The van der Waals surface area contributed by atoms with Gasteiger partial charge in [-0.05, 0) is 28.4 Å². The lowest BCUT2D eigenvalue weighted by atomic mass is 9.91. The Balaban J connectivity index is 2.59. The molecule has 2 rings (SSSR count). The van der Waals surface area contributed by atoms with Gasteiger partial charge < -0.3 is 9.84 Å². The molecule has 0 aliphatic heterocycles. The fourth-order valence-corrected chi connectivity index (χ4v) is 2.85. The molecule has 5 heteroatoms. The Morgan fingerprint density at radius 3 is 2.63 bits per heavy atom. The highest BCUT2D eigenvalue weighted by Gasteiger charge is 2.37. The second-order valence-electron chi connectivity index (χ2n) is 4.32. The van der Waals surface area contributed by atoms with Crippen molar-refractivity contribution in [2.45, 2.75) is 19.1 Å². The van der Waals surface area contributed by atoms with E-state index in [4.69, 9.17) is 4.74 Å². The minimum absolute atomic E-state index is 0.168. The van der Waals surface area contributed by atoms with Gasteiger partial charge >= 0.3 is 0 Å². The molecule has 0 aliphatic carbocycles. The summed E-state index contributed by atoms with van der Waals surface area (Å²) in [5.74, 6) is 0. The van der Waals surface area contributed by atoms with Gasteiger partial charge in [0.1, 0.15) is 0 Å². The van der Waals surface area contributed by atoms with Gasteiger partial charge in [-0.1, -0.05) is 30.3 Å². The molecule has 1 atom stereocenters. The number of halogens is 1. The molecule has 102 valence electrons. The second kappa shape index (κ2) is 5.86. The average molecular weight is 325 g/mol. The smallest absolute Gasteiger partial charge is 0.155 e. The molecular formula is C14H17BrN2O2. The summed E-state index contributed by atoms with van der Waals surface area (Å²) in [4.78, 5) is 0. The largest absolute Gasteiger partial charge is 0.381 e. The first-order chi connectivity index (χ1) is 9.13. The molecule has 0 spiro atoms. The van der Waals surface area contributed by atoms with Crippen LogP contribution >= 0.6 is 15.9 Å². The Morgan fingerprint density at radius 2 is 2.05 bits per heavy atom. The van der Waals surface area contributed by atoms with E-state index in [0.29, 0.717) is 12.2 Å². The maximum Gasteiger partial charge on any atom is 0.155 e. The zero-order valence-corrected chi connectivity index (χ0v) is 12.6. The first-order valence-electron chi connectivity index (χ1n) is 6.12. The predicted octanol–water partition coefficient (Wildman–Crippen LogP) is 2.55. The molecule has 0 aliphatic rings. The van der Waals surface area contributed by atoms with Crippen LogP contribution in [-0.2, 0) is 16.9 Å².